The number of nitrogens with zero attached hydrogens (tertiary/aromatic N) is 2. The smallest absolute Gasteiger partial charge is 0.240 e. The van der Waals surface area contributed by atoms with Crippen LogP contribution in [0.5, 0.6) is 0 Å². The monoisotopic (exact) mass is 301 g/mol. The van der Waals surface area contributed by atoms with Crippen molar-refractivity contribution in [3.63, 3.8) is 0 Å². The zero-order valence-electron chi connectivity index (χ0n) is 10.3. The summed E-state index contributed by atoms with van der Waals surface area (Å²) in [5.74, 6) is 0.381. The number of carbonyl (C=O) groups is 1. The Morgan fingerprint density at radius 1 is 1.53 bits per heavy atom. The minimum Gasteiger partial charge on any atom is -0.301 e. The molecule has 0 unspecified atom stereocenters. The van der Waals surface area contributed by atoms with Gasteiger partial charge in [-0.05, 0) is 12.3 Å². The Hall–Kier alpha value is -0.990. The maximum atomic E-state index is 11.8. The van der Waals surface area contributed by atoms with Crippen molar-refractivity contribution in [1.29, 1.82) is 0 Å². The molecular formula is C11H15N3O3S2. The zero-order chi connectivity index (χ0) is 13.5. The molecule has 2 saturated heterocycles. The molecule has 0 radical (unpaired) electrons. The van der Waals surface area contributed by atoms with E-state index in [0.717, 1.165) is 6.42 Å². The Morgan fingerprint density at radius 3 is 3.05 bits per heavy atom. The molecular weight excluding hydrogens is 286 g/mol. The van der Waals surface area contributed by atoms with E-state index < -0.39 is 9.84 Å². The van der Waals surface area contributed by atoms with Crippen molar-refractivity contribution < 1.29 is 13.2 Å². The number of anilines is 1. The van der Waals surface area contributed by atoms with Gasteiger partial charge in [-0.3, -0.25) is 9.69 Å². The molecule has 0 spiro atoms. The molecule has 1 N–H and O–H groups in total. The number of fused-ring (bicyclic) bond motifs is 1. The van der Waals surface area contributed by atoms with E-state index in [1.807, 2.05) is 4.90 Å². The summed E-state index contributed by atoms with van der Waals surface area (Å²) in [5.41, 5.74) is 0. The second kappa shape index (κ2) is 4.84. The predicted molar refractivity (Wildman–Crippen MR) is 72.9 cm³/mol. The van der Waals surface area contributed by atoms with Gasteiger partial charge in [-0.2, -0.15) is 0 Å². The van der Waals surface area contributed by atoms with Gasteiger partial charge >= 0.3 is 0 Å². The first-order chi connectivity index (χ1) is 9.04. The number of rotatable bonds is 3. The highest BCUT2D eigenvalue weighted by Gasteiger charge is 2.46. The van der Waals surface area contributed by atoms with E-state index in [-0.39, 0.29) is 23.6 Å². The number of amides is 1. The topological polar surface area (TPSA) is 79.4 Å². The molecule has 2 atom stereocenters. The van der Waals surface area contributed by atoms with E-state index in [0.29, 0.717) is 24.0 Å². The quantitative estimate of drug-likeness (QED) is 0.863. The first kappa shape index (κ1) is 13.0. The van der Waals surface area contributed by atoms with Crippen LogP contribution in [0, 0.1) is 5.92 Å². The Bertz CT molecular complexity index is 570. The third-order valence-corrected chi connectivity index (χ3v) is 6.69. The third kappa shape index (κ3) is 2.65. The lowest BCUT2D eigenvalue weighted by molar-refractivity contribution is -0.117. The largest absolute Gasteiger partial charge is 0.301 e. The van der Waals surface area contributed by atoms with Gasteiger partial charge in [0.05, 0.1) is 17.5 Å². The molecule has 19 heavy (non-hydrogen) atoms. The molecule has 1 amide bonds. The Balaban J connectivity index is 1.56. The molecule has 2 aliphatic heterocycles. The Labute approximate surface area is 115 Å². The van der Waals surface area contributed by atoms with E-state index in [9.17, 15) is 13.2 Å². The summed E-state index contributed by atoms with van der Waals surface area (Å²) in [6.07, 6.45) is 2.37. The molecule has 3 heterocycles. The molecule has 3 rings (SSSR count). The van der Waals surface area contributed by atoms with Crippen LogP contribution in [0.4, 0.5) is 5.13 Å². The van der Waals surface area contributed by atoms with Crippen LogP contribution in [-0.2, 0) is 14.6 Å². The van der Waals surface area contributed by atoms with Crippen LogP contribution < -0.4 is 5.32 Å². The lowest BCUT2D eigenvalue weighted by Crippen LogP contribution is -2.33. The summed E-state index contributed by atoms with van der Waals surface area (Å²) in [6, 6.07) is 0. The van der Waals surface area contributed by atoms with Gasteiger partial charge in [-0.25, -0.2) is 13.4 Å². The standard InChI is InChI=1S/C11H15N3O3S2/c15-10(13-11-12-2-3-18-11)7-14-5-8-1-4-19(16,17)9(8)6-14/h2-3,8-9H,1,4-7H2,(H,12,13,15)/t8-,9+/m0/s1. The fourth-order valence-electron chi connectivity index (χ4n) is 2.85. The van der Waals surface area contributed by atoms with Crippen molar-refractivity contribution in [2.45, 2.75) is 11.7 Å². The molecule has 0 aliphatic carbocycles. The van der Waals surface area contributed by atoms with E-state index in [4.69, 9.17) is 0 Å². The van der Waals surface area contributed by atoms with Gasteiger partial charge in [0.15, 0.2) is 15.0 Å². The van der Waals surface area contributed by atoms with Crippen molar-refractivity contribution in [2.24, 2.45) is 5.92 Å². The van der Waals surface area contributed by atoms with Crippen LogP contribution in [0.3, 0.4) is 0 Å². The first-order valence-electron chi connectivity index (χ1n) is 6.18. The fraction of sp³-hybridized carbons (Fsp3) is 0.636. The number of likely N-dealkylation sites (tertiary alicyclic amines) is 1. The van der Waals surface area contributed by atoms with Crippen molar-refractivity contribution in [3.05, 3.63) is 11.6 Å². The third-order valence-electron chi connectivity index (χ3n) is 3.74. The maximum absolute atomic E-state index is 11.8. The molecule has 1 aromatic rings. The summed E-state index contributed by atoms with van der Waals surface area (Å²) in [5, 5.41) is 4.82. The lowest BCUT2D eigenvalue weighted by atomic mass is 10.1. The molecule has 0 bridgehead atoms. The number of nitrogens with one attached hydrogen (secondary N) is 1. The SMILES string of the molecule is O=C(CN1C[C@@H]2CCS(=O)(=O)[C@@H]2C1)Nc1nccs1. The van der Waals surface area contributed by atoms with Crippen LogP contribution in [0.1, 0.15) is 6.42 Å². The Morgan fingerprint density at radius 2 is 2.37 bits per heavy atom. The van der Waals surface area contributed by atoms with Gasteiger partial charge in [-0.15, -0.1) is 11.3 Å². The highest BCUT2D eigenvalue weighted by atomic mass is 32.2. The summed E-state index contributed by atoms with van der Waals surface area (Å²) in [6.45, 7) is 1.43. The summed E-state index contributed by atoms with van der Waals surface area (Å²) in [7, 11) is -2.93. The van der Waals surface area contributed by atoms with E-state index in [1.54, 1.807) is 11.6 Å². The zero-order valence-corrected chi connectivity index (χ0v) is 11.9. The summed E-state index contributed by atoms with van der Waals surface area (Å²) >= 11 is 1.37. The van der Waals surface area contributed by atoms with E-state index >= 15 is 0 Å². The van der Waals surface area contributed by atoms with Gasteiger partial charge in [-0.1, -0.05) is 0 Å². The molecule has 8 heteroatoms. The van der Waals surface area contributed by atoms with E-state index in [2.05, 4.69) is 10.3 Å². The van der Waals surface area contributed by atoms with Crippen LogP contribution in [0.25, 0.3) is 0 Å². The second-order valence-corrected chi connectivity index (χ2v) is 8.27. The minimum absolute atomic E-state index is 0.132. The van der Waals surface area contributed by atoms with Gasteiger partial charge in [0.2, 0.25) is 5.91 Å². The molecule has 0 aromatic carbocycles. The van der Waals surface area contributed by atoms with Crippen LogP contribution in [-0.4, -0.2) is 54.8 Å². The fourth-order valence-corrected chi connectivity index (χ4v) is 5.58. The average Bonchev–Trinajstić information content (AvgIpc) is 3.00. The van der Waals surface area contributed by atoms with Gasteiger partial charge in [0, 0.05) is 24.7 Å². The number of thiazole rings is 1. The van der Waals surface area contributed by atoms with Crippen molar-refractivity contribution in [2.75, 3.05) is 30.7 Å². The summed E-state index contributed by atoms with van der Waals surface area (Å²) in [4.78, 5) is 17.7. The van der Waals surface area contributed by atoms with E-state index in [1.165, 1.54) is 11.3 Å². The molecule has 2 fully saturated rings. The van der Waals surface area contributed by atoms with Gasteiger partial charge in [0.1, 0.15) is 0 Å². The number of hydrogen-bond acceptors (Lipinski definition) is 6. The van der Waals surface area contributed by atoms with Crippen molar-refractivity contribution >= 4 is 32.2 Å². The number of aromatic nitrogens is 1. The van der Waals surface area contributed by atoms with Crippen LogP contribution in [0.15, 0.2) is 11.6 Å². The molecule has 6 nitrogen and oxygen atoms in total. The van der Waals surface area contributed by atoms with Gasteiger partial charge < -0.3 is 5.32 Å². The first-order valence-corrected chi connectivity index (χ1v) is 8.77. The Kier molecular flexibility index (Phi) is 3.32. The molecule has 2 aliphatic rings. The van der Waals surface area contributed by atoms with Crippen LogP contribution >= 0.6 is 11.3 Å². The normalized spacial score (nSPS) is 29.3. The maximum Gasteiger partial charge on any atom is 0.240 e. The highest BCUT2D eigenvalue weighted by molar-refractivity contribution is 7.92. The highest BCUT2D eigenvalue weighted by Crippen LogP contribution is 2.33. The van der Waals surface area contributed by atoms with Crippen molar-refractivity contribution in [1.82, 2.24) is 9.88 Å². The molecule has 0 saturated carbocycles. The molecule has 1 aromatic heterocycles. The summed E-state index contributed by atoms with van der Waals surface area (Å²) < 4.78 is 23.6. The number of sulfone groups is 1. The number of hydrogen-bond donors (Lipinski definition) is 1. The molecule has 104 valence electrons. The second-order valence-electron chi connectivity index (χ2n) is 5.03. The van der Waals surface area contributed by atoms with Gasteiger partial charge in [0.25, 0.3) is 0 Å². The van der Waals surface area contributed by atoms with Crippen molar-refractivity contribution in [3.8, 4) is 0 Å². The lowest BCUT2D eigenvalue weighted by Gasteiger charge is -2.15. The predicted octanol–water partition coefficient (Wildman–Crippen LogP) is 0.201. The minimum atomic E-state index is -2.93. The number of carbonyl (C=O) groups excluding carboxylic acids is 1. The average molecular weight is 301 g/mol. The van der Waals surface area contributed by atoms with Crippen LogP contribution in [0.2, 0.25) is 0 Å².